The lowest BCUT2D eigenvalue weighted by Gasteiger charge is -2.19. The molecular weight excluding hydrogens is 232 g/mol. The normalized spacial score (nSPS) is 10.9. The predicted molar refractivity (Wildman–Crippen MR) is 68.7 cm³/mol. The first-order chi connectivity index (χ1) is 8.37. The Morgan fingerprint density at radius 1 is 1.44 bits per heavy atom. The molecule has 5 heteroatoms. The molecule has 0 bridgehead atoms. The third kappa shape index (κ3) is 6.08. The van der Waals surface area contributed by atoms with Crippen LogP contribution in [0.5, 0.6) is 5.88 Å². The third-order valence-corrected chi connectivity index (χ3v) is 1.91. The Morgan fingerprint density at radius 2 is 2.17 bits per heavy atom. The van der Waals surface area contributed by atoms with E-state index >= 15 is 0 Å². The van der Waals surface area contributed by atoms with Crippen molar-refractivity contribution in [1.29, 1.82) is 0 Å². The molecule has 0 unspecified atom stereocenters. The highest BCUT2D eigenvalue weighted by Crippen LogP contribution is 2.08. The van der Waals surface area contributed by atoms with Crippen LogP contribution < -0.4 is 10.1 Å². The van der Waals surface area contributed by atoms with Crippen molar-refractivity contribution in [2.45, 2.75) is 33.3 Å². The Hall–Kier alpha value is -1.78. The number of alkyl carbamates (subject to hydrolysis) is 1. The fourth-order valence-corrected chi connectivity index (χ4v) is 1.21. The fraction of sp³-hybridized carbons (Fsp3) is 0.538. The van der Waals surface area contributed by atoms with Crippen LogP contribution in [-0.4, -0.2) is 29.8 Å². The minimum absolute atomic E-state index is 0.357. The van der Waals surface area contributed by atoms with E-state index in [0.29, 0.717) is 19.0 Å². The molecule has 0 aliphatic rings. The highest BCUT2D eigenvalue weighted by atomic mass is 16.6. The van der Waals surface area contributed by atoms with E-state index in [2.05, 4.69) is 10.3 Å². The van der Waals surface area contributed by atoms with Crippen LogP contribution in [0.1, 0.15) is 26.3 Å². The number of nitrogens with one attached hydrogen (secondary N) is 1. The molecule has 1 amide bonds. The molecule has 1 rings (SSSR count). The molecular formula is C13H20N2O3. The average Bonchev–Trinajstić information content (AvgIpc) is 2.22. The van der Waals surface area contributed by atoms with Gasteiger partial charge in [-0.3, -0.25) is 0 Å². The van der Waals surface area contributed by atoms with Crippen LogP contribution in [0.2, 0.25) is 0 Å². The van der Waals surface area contributed by atoms with Crippen LogP contribution in [0.25, 0.3) is 0 Å². The van der Waals surface area contributed by atoms with E-state index in [1.165, 1.54) is 0 Å². The molecule has 100 valence electrons. The molecule has 0 saturated carbocycles. The topological polar surface area (TPSA) is 60.5 Å². The van der Waals surface area contributed by atoms with Gasteiger partial charge in [0, 0.05) is 12.3 Å². The quantitative estimate of drug-likeness (QED) is 0.835. The Bertz CT molecular complexity index is 399. The summed E-state index contributed by atoms with van der Waals surface area (Å²) in [6, 6.07) is 3.74. The van der Waals surface area contributed by atoms with Gasteiger partial charge in [0.25, 0.3) is 0 Å². The van der Waals surface area contributed by atoms with Crippen molar-refractivity contribution in [3.63, 3.8) is 0 Å². The van der Waals surface area contributed by atoms with E-state index < -0.39 is 11.7 Å². The van der Waals surface area contributed by atoms with Crippen LogP contribution in [0.4, 0.5) is 4.79 Å². The number of hydrogen-bond acceptors (Lipinski definition) is 4. The van der Waals surface area contributed by atoms with E-state index in [1.54, 1.807) is 6.20 Å². The molecule has 0 radical (unpaired) electrons. The summed E-state index contributed by atoms with van der Waals surface area (Å²) in [5.41, 5.74) is 0.600. The highest BCUT2D eigenvalue weighted by Gasteiger charge is 2.15. The Balaban J connectivity index is 2.21. The van der Waals surface area contributed by atoms with Crippen LogP contribution >= 0.6 is 0 Å². The first-order valence-electron chi connectivity index (χ1n) is 5.89. The monoisotopic (exact) mass is 252 g/mol. The van der Waals surface area contributed by atoms with E-state index in [1.807, 2.05) is 39.8 Å². The molecule has 0 aromatic carbocycles. The second-order valence-corrected chi connectivity index (χ2v) is 4.95. The van der Waals surface area contributed by atoms with Crippen molar-refractivity contribution in [3.8, 4) is 5.88 Å². The van der Waals surface area contributed by atoms with Gasteiger partial charge in [-0.15, -0.1) is 0 Å². The number of pyridine rings is 1. The van der Waals surface area contributed by atoms with Crippen molar-refractivity contribution in [1.82, 2.24) is 10.3 Å². The molecule has 0 aliphatic heterocycles. The molecule has 0 aliphatic carbocycles. The fourth-order valence-electron chi connectivity index (χ4n) is 1.21. The summed E-state index contributed by atoms with van der Waals surface area (Å²) in [6.45, 7) is 8.16. The number of aromatic nitrogens is 1. The summed E-state index contributed by atoms with van der Waals surface area (Å²) in [6.07, 6.45) is 1.25. The van der Waals surface area contributed by atoms with E-state index in [0.717, 1.165) is 5.56 Å². The van der Waals surface area contributed by atoms with E-state index in [-0.39, 0.29) is 0 Å². The highest BCUT2D eigenvalue weighted by molar-refractivity contribution is 5.67. The minimum atomic E-state index is -0.483. The zero-order chi connectivity index (χ0) is 13.6. The van der Waals surface area contributed by atoms with Crippen molar-refractivity contribution >= 4 is 6.09 Å². The van der Waals surface area contributed by atoms with Gasteiger partial charge in [-0.2, -0.15) is 0 Å². The summed E-state index contributed by atoms with van der Waals surface area (Å²) in [7, 11) is 0. The summed E-state index contributed by atoms with van der Waals surface area (Å²) < 4.78 is 10.5. The number of nitrogens with zero attached hydrogens (tertiary/aromatic N) is 1. The first-order valence-corrected chi connectivity index (χ1v) is 5.89. The smallest absolute Gasteiger partial charge is 0.407 e. The van der Waals surface area contributed by atoms with Crippen molar-refractivity contribution < 1.29 is 14.3 Å². The Labute approximate surface area is 108 Å². The minimum Gasteiger partial charge on any atom is -0.476 e. The van der Waals surface area contributed by atoms with Gasteiger partial charge in [-0.1, -0.05) is 0 Å². The maximum absolute atomic E-state index is 11.3. The molecule has 1 N–H and O–H groups in total. The molecule has 1 aromatic rings. The molecule has 0 spiro atoms. The average molecular weight is 252 g/mol. The van der Waals surface area contributed by atoms with E-state index in [9.17, 15) is 4.79 Å². The number of aryl methyl sites for hydroxylation is 1. The van der Waals surface area contributed by atoms with Gasteiger partial charge in [0.2, 0.25) is 5.88 Å². The standard InChI is InChI=1S/C13H20N2O3/c1-10-5-6-14-11(9-10)17-8-7-15-12(16)18-13(2,3)4/h5-6,9H,7-8H2,1-4H3,(H,15,16). The second kappa shape index (κ2) is 6.23. The number of carbonyl (C=O) groups is 1. The number of carbonyl (C=O) groups excluding carboxylic acids is 1. The number of rotatable bonds is 4. The van der Waals surface area contributed by atoms with Gasteiger partial charge < -0.3 is 14.8 Å². The molecule has 1 aromatic heterocycles. The van der Waals surface area contributed by atoms with Crippen molar-refractivity contribution in [3.05, 3.63) is 23.9 Å². The lowest BCUT2D eigenvalue weighted by molar-refractivity contribution is 0.0520. The summed E-state index contributed by atoms with van der Waals surface area (Å²) >= 11 is 0. The maximum atomic E-state index is 11.3. The van der Waals surface area contributed by atoms with Crippen LogP contribution in [0, 0.1) is 6.92 Å². The van der Waals surface area contributed by atoms with Gasteiger partial charge in [-0.05, 0) is 39.3 Å². The molecule has 0 saturated heterocycles. The largest absolute Gasteiger partial charge is 0.476 e. The van der Waals surface area contributed by atoms with Gasteiger partial charge >= 0.3 is 6.09 Å². The lowest BCUT2D eigenvalue weighted by Crippen LogP contribution is -2.34. The van der Waals surface area contributed by atoms with Gasteiger partial charge in [0.15, 0.2) is 0 Å². The van der Waals surface area contributed by atoms with Crippen LogP contribution in [0.15, 0.2) is 18.3 Å². The third-order valence-electron chi connectivity index (χ3n) is 1.91. The number of hydrogen-bond donors (Lipinski definition) is 1. The molecule has 0 fully saturated rings. The first kappa shape index (κ1) is 14.3. The number of ether oxygens (including phenoxy) is 2. The molecule has 18 heavy (non-hydrogen) atoms. The van der Waals surface area contributed by atoms with Crippen LogP contribution in [0.3, 0.4) is 0 Å². The number of amides is 1. The van der Waals surface area contributed by atoms with Crippen molar-refractivity contribution in [2.24, 2.45) is 0 Å². The predicted octanol–water partition coefficient (Wildman–Crippen LogP) is 2.29. The second-order valence-electron chi connectivity index (χ2n) is 4.95. The van der Waals surface area contributed by atoms with Gasteiger partial charge in [0.05, 0.1) is 6.54 Å². The summed E-state index contributed by atoms with van der Waals surface area (Å²) in [4.78, 5) is 15.4. The zero-order valence-corrected chi connectivity index (χ0v) is 11.3. The van der Waals surface area contributed by atoms with Gasteiger partial charge in [-0.25, -0.2) is 9.78 Å². The molecule has 5 nitrogen and oxygen atoms in total. The molecule has 0 atom stereocenters. The summed E-state index contributed by atoms with van der Waals surface area (Å²) in [5.74, 6) is 0.556. The SMILES string of the molecule is Cc1ccnc(OCCNC(=O)OC(C)(C)C)c1. The van der Waals surface area contributed by atoms with E-state index in [4.69, 9.17) is 9.47 Å². The Kier molecular flexibility index (Phi) is 4.95. The lowest BCUT2D eigenvalue weighted by atomic mass is 10.2. The molecule has 1 heterocycles. The zero-order valence-electron chi connectivity index (χ0n) is 11.3. The maximum Gasteiger partial charge on any atom is 0.407 e. The van der Waals surface area contributed by atoms with Gasteiger partial charge in [0.1, 0.15) is 12.2 Å². The van der Waals surface area contributed by atoms with Crippen LogP contribution in [-0.2, 0) is 4.74 Å². The Morgan fingerprint density at radius 3 is 2.78 bits per heavy atom. The van der Waals surface area contributed by atoms with Crippen molar-refractivity contribution in [2.75, 3.05) is 13.2 Å². The summed E-state index contributed by atoms with van der Waals surface area (Å²) in [5, 5.41) is 2.61.